The van der Waals surface area contributed by atoms with Crippen molar-refractivity contribution >= 4 is 33.4 Å². The van der Waals surface area contributed by atoms with Gasteiger partial charge in [-0.25, -0.2) is 0 Å². The fourth-order valence-electron chi connectivity index (χ4n) is 3.12. The molecule has 7 heteroatoms. The van der Waals surface area contributed by atoms with E-state index < -0.39 is 5.97 Å². The number of amides is 1. The molecule has 134 valence electrons. The topological polar surface area (TPSA) is 75.4 Å². The van der Waals surface area contributed by atoms with Crippen LogP contribution in [0, 0.1) is 6.92 Å². The number of benzene rings is 1. The van der Waals surface area contributed by atoms with E-state index in [1.165, 1.54) is 16.2 Å². The fraction of sp³-hybridized carbons (Fsp3) is 0.316. The van der Waals surface area contributed by atoms with Gasteiger partial charge in [-0.1, -0.05) is 30.3 Å². The van der Waals surface area contributed by atoms with E-state index in [1.54, 1.807) is 0 Å². The number of carboxylic acids is 1. The number of aromatic nitrogens is 2. The minimum absolute atomic E-state index is 0.0609. The van der Waals surface area contributed by atoms with Gasteiger partial charge >= 0.3 is 5.97 Å². The summed E-state index contributed by atoms with van der Waals surface area (Å²) in [4.78, 5) is 27.0. The van der Waals surface area contributed by atoms with Gasteiger partial charge in [0.05, 0.1) is 17.1 Å². The van der Waals surface area contributed by atoms with Crippen molar-refractivity contribution in [2.75, 3.05) is 6.54 Å². The quantitative estimate of drug-likeness (QED) is 0.724. The summed E-state index contributed by atoms with van der Waals surface area (Å²) < 4.78 is 1.92. The number of hydrogen-bond acceptors (Lipinski definition) is 4. The van der Waals surface area contributed by atoms with Crippen LogP contribution < -0.4 is 0 Å². The van der Waals surface area contributed by atoms with E-state index in [-0.39, 0.29) is 18.5 Å². The molecule has 0 bridgehead atoms. The van der Waals surface area contributed by atoms with Crippen molar-refractivity contribution in [2.45, 2.75) is 32.4 Å². The van der Waals surface area contributed by atoms with Crippen LogP contribution in [-0.4, -0.2) is 44.3 Å². The first-order valence-corrected chi connectivity index (χ1v) is 9.38. The third-order valence-electron chi connectivity index (χ3n) is 4.55. The number of aliphatic carboxylic acids is 1. The molecule has 0 unspecified atom stereocenters. The first kappa shape index (κ1) is 16.8. The summed E-state index contributed by atoms with van der Waals surface area (Å²) in [6.07, 6.45) is 1.76. The first-order valence-electron chi connectivity index (χ1n) is 8.56. The lowest BCUT2D eigenvalue weighted by Crippen LogP contribution is -2.37. The first-order chi connectivity index (χ1) is 12.5. The van der Waals surface area contributed by atoms with E-state index >= 15 is 0 Å². The standard InChI is InChI=1S/C19H19N3O3S/c1-12-15-9-16(18(25)21(11-17(23)24)14-7-8-14)26-19(15)22(20-12)10-13-5-3-2-4-6-13/h2-6,9,14H,7-8,10-11H2,1H3,(H,23,24). The third-order valence-corrected chi connectivity index (χ3v) is 5.68. The lowest BCUT2D eigenvalue weighted by atomic mass is 10.2. The van der Waals surface area contributed by atoms with Gasteiger partial charge in [-0.2, -0.15) is 5.10 Å². The van der Waals surface area contributed by atoms with Gasteiger partial charge in [-0.3, -0.25) is 14.3 Å². The number of nitrogens with zero attached hydrogens (tertiary/aromatic N) is 3. The summed E-state index contributed by atoms with van der Waals surface area (Å²) in [5, 5.41) is 14.7. The smallest absolute Gasteiger partial charge is 0.323 e. The van der Waals surface area contributed by atoms with Gasteiger partial charge in [0.25, 0.3) is 5.91 Å². The summed E-state index contributed by atoms with van der Waals surface area (Å²) in [6, 6.07) is 12.0. The van der Waals surface area contributed by atoms with E-state index in [0.717, 1.165) is 34.3 Å². The van der Waals surface area contributed by atoms with Gasteiger partial charge in [0, 0.05) is 11.4 Å². The number of fused-ring (bicyclic) bond motifs is 1. The zero-order valence-corrected chi connectivity index (χ0v) is 15.2. The maximum Gasteiger partial charge on any atom is 0.323 e. The molecule has 1 fully saturated rings. The second-order valence-electron chi connectivity index (χ2n) is 6.62. The Morgan fingerprint density at radius 1 is 1.31 bits per heavy atom. The molecule has 2 aromatic heterocycles. The van der Waals surface area contributed by atoms with E-state index in [1.807, 2.05) is 48.0 Å². The molecule has 2 heterocycles. The van der Waals surface area contributed by atoms with Crippen molar-refractivity contribution in [3.05, 3.63) is 52.5 Å². The molecular formula is C19H19N3O3S. The summed E-state index contributed by atoms with van der Waals surface area (Å²) in [7, 11) is 0. The van der Waals surface area contributed by atoms with Crippen LogP contribution in [0.25, 0.3) is 10.2 Å². The largest absolute Gasteiger partial charge is 0.480 e. The number of carboxylic acid groups (broad SMARTS) is 1. The molecule has 0 aliphatic heterocycles. The van der Waals surface area contributed by atoms with E-state index in [9.17, 15) is 9.59 Å². The molecule has 1 amide bonds. The summed E-state index contributed by atoms with van der Waals surface area (Å²) >= 11 is 1.39. The van der Waals surface area contributed by atoms with Crippen LogP contribution in [0.3, 0.4) is 0 Å². The summed E-state index contributed by atoms with van der Waals surface area (Å²) in [5.41, 5.74) is 2.02. The highest BCUT2D eigenvalue weighted by Crippen LogP contribution is 2.33. The Morgan fingerprint density at radius 3 is 2.69 bits per heavy atom. The molecule has 26 heavy (non-hydrogen) atoms. The molecule has 0 atom stereocenters. The zero-order valence-electron chi connectivity index (χ0n) is 14.4. The van der Waals surface area contributed by atoms with Gasteiger partial charge in [-0.05, 0) is 31.4 Å². The van der Waals surface area contributed by atoms with Gasteiger partial charge in [-0.15, -0.1) is 11.3 Å². The number of hydrogen-bond donors (Lipinski definition) is 1. The lowest BCUT2D eigenvalue weighted by Gasteiger charge is -2.19. The third kappa shape index (κ3) is 3.22. The van der Waals surface area contributed by atoms with E-state index in [4.69, 9.17) is 5.11 Å². The minimum Gasteiger partial charge on any atom is -0.480 e. The molecule has 1 aliphatic carbocycles. The molecular weight excluding hydrogens is 350 g/mol. The second kappa shape index (κ2) is 6.57. The highest BCUT2D eigenvalue weighted by molar-refractivity contribution is 7.20. The molecule has 1 aliphatic rings. The van der Waals surface area contributed by atoms with Gasteiger partial charge in [0.15, 0.2) is 0 Å². The minimum atomic E-state index is -0.974. The Labute approximate surface area is 154 Å². The Balaban J connectivity index is 1.66. The van der Waals surface area contributed by atoms with Crippen LogP contribution in [0.15, 0.2) is 36.4 Å². The Bertz CT molecular complexity index is 973. The molecule has 1 N–H and O–H groups in total. The second-order valence-corrected chi connectivity index (χ2v) is 7.65. The molecule has 1 saturated carbocycles. The van der Waals surface area contributed by atoms with Crippen molar-refractivity contribution in [3.63, 3.8) is 0 Å². The highest BCUT2D eigenvalue weighted by Gasteiger charge is 2.35. The number of carbonyl (C=O) groups is 2. The van der Waals surface area contributed by atoms with E-state index in [0.29, 0.717) is 11.4 Å². The normalized spacial score (nSPS) is 13.9. The SMILES string of the molecule is Cc1nn(Cc2ccccc2)c2sc(C(=O)N(CC(=O)O)C3CC3)cc12. The number of aryl methyl sites for hydroxylation is 1. The van der Waals surface area contributed by atoms with Crippen LogP contribution in [0.5, 0.6) is 0 Å². The summed E-state index contributed by atoms with van der Waals surface area (Å²) in [6.45, 7) is 2.33. The highest BCUT2D eigenvalue weighted by atomic mass is 32.1. The van der Waals surface area contributed by atoms with Gasteiger partial charge < -0.3 is 10.0 Å². The lowest BCUT2D eigenvalue weighted by molar-refractivity contribution is -0.137. The number of carbonyl (C=O) groups excluding carboxylic acids is 1. The predicted molar refractivity (Wildman–Crippen MR) is 99.6 cm³/mol. The van der Waals surface area contributed by atoms with Gasteiger partial charge in [0.1, 0.15) is 11.4 Å². The van der Waals surface area contributed by atoms with Crippen molar-refractivity contribution < 1.29 is 14.7 Å². The molecule has 0 radical (unpaired) electrons. The molecule has 1 aromatic carbocycles. The van der Waals surface area contributed by atoms with Crippen molar-refractivity contribution in [1.29, 1.82) is 0 Å². The molecule has 3 aromatic rings. The number of thiophene rings is 1. The van der Waals surface area contributed by atoms with Crippen LogP contribution in [0.1, 0.15) is 33.8 Å². The van der Waals surface area contributed by atoms with Gasteiger partial charge in [0.2, 0.25) is 0 Å². The van der Waals surface area contributed by atoms with Crippen LogP contribution >= 0.6 is 11.3 Å². The average Bonchev–Trinajstić information content (AvgIpc) is 3.29. The van der Waals surface area contributed by atoms with Crippen LogP contribution in [0.4, 0.5) is 0 Å². The van der Waals surface area contributed by atoms with Crippen molar-refractivity contribution in [1.82, 2.24) is 14.7 Å². The van der Waals surface area contributed by atoms with E-state index in [2.05, 4.69) is 5.10 Å². The van der Waals surface area contributed by atoms with Crippen LogP contribution in [-0.2, 0) is 11.3 Å². The average molecular weight is 369 g/mol. The van der Waals surface area contributed by atoms with Crippen LogP contribution in [0.2, 0.25) is 0 Å². The Kier molecular flexibility index (Phi) is 4.24. The monoisotopic (exact) mass is 369 g/mol. The molecule has 6 nitrogen and oxygen atoms in total. The van der Waals surface area contributed by atoms with Crippen molar-refractivity contribution in [2.24, 2.45) is 0 Å². The maximum atomic E-state index is 12.9. The van der Waals surface area contributed by atoms with Crippen molar-refractivity contribution in [3.8, 4) is 0 Å². The Morgan fingerprint density at radius 2 is 2.04 bits per heavy atom. The Hall–Kier alpha value is -2.67. The molecule has 0 saturated heterocycles. The molecule has 0 spiro atoms. The zero-order chi connectivity index (χ0) is 18.3. The maximum absolute atomic E-state index is 12.9. The fourth-order valence-corrected chi connectivity index (χ4v) is 4.24. The summed E-state index contributed by atoms with van der Waals surface area (Å²) in [5.74, 6) is -1.17. The predicted octanol–water partition coefficient (Wildman–Crippen LogP) is 3.14. The molecule has 4 rings (SSSR count). The number of rotatable bonds is 6.